The van der Waals surface area contributed by atoms with Gasteiger partial charge in [0.2, 0.25) is 5.91 Å². The zero-order valence-electron chi connectivity index (χ0n) is 22.4. The van der Waals surface area contributed by atoms with Crippen molar-refractivity contribution in [3.05, 3.63) is 29.3 Å². The Kier molecular flexibility index (Phi) is 5.71. The molecule has 4 aliphatic carbocycles. The van der Waals surface area contributed by atoms with Crippen LogP contribution < -0.4 is 5.32 Å². The molecule has 1 amide bonds. The minimum absolute atomic E-state index is 0.0854. The minimum Gasteiger partial charge on any atom is -0.508 e. The fourth-order valence-corrected chi connectivity index (χ4v) is 9.50. The Balaban J connectivity index is 1.14. The van der Waals surface area contributed by atoms with Crippen LogP contribution in [0.3, 0.4) is 0 Å². The second-order valence-corrected chi connectivity index (χ2v) is 13.4. The summed E-state index contributed by atoms with van der Waals surface area (Å²) in [5, 5.41) is 26.5. The van der Waals surface area contributed by atoms with Crippen LogP contribution in [-0.4, -0.2) is 89.0 Å². The Morgan fingerprint density at radius 2 is 1.95 bits per heavy atom. The standard InChI is InChI=1S/C30H43N3O4/c1-18-14-32(15-19(2)37-18)8-7-31-28(35)23-12-29-25-10-24(34)6-5-21(25)9-22-17-33(16-20-3-4-20)27(11-26(22)29)30(29,36)13-23/h5-6,10,18-20,22-23,26-27,34,36H,3-4,7-9,11-17H2,1-2H3,(H,31,35)/t18-,19+,22?,23-,26?,27+,29?,30?/m0/s1. The number of aliphatic hydroxyl groups is 1. The average Bonchev–Trinajstić information content (AvgIpc) is 3.55. The highest BCUT2D eigenvalue weighted by Crippen LogP contribution is 2.69. The first-order valence-electron chi connectivity index (χ1n) is 14.7. The number of amides is 1. The summed E-state index contributed by atoms with van der Waals surface area (Å²) >= 11 is 0. The summed E-state index contributed by atoms with van der Waals surface area (Å²) in [6.45, 7) is 9.60. The first-order valence-corrected chi connectivity index (χ1v) is 14.7. The van der Waals surface area contributed by atoms with Crippen molar-refractivity contribution in [2.24, 2.45) is 23.7 Å². The SMILES string of the molecule is C[C@@H]1CN(CCNC(=O)[C@H]2CC34c5cc(O)ccc5CC5CN(CC6CC6)[C@H](CC53)C4(O)C2)C[C@H](C)O1. The van der Waals surface area contributed by atoms with Crippen LogP contribution in [-0.2, 0) is 21.4 Å². The van der Waals surface area contributed by atoms with Gasteiger partial charge in [-0.05, 0) is 93.4 Å². The van der Waals surface area contributed by atoms with Gasteiger partial charge in [-0.1, -0.05) is 6.07 Å². The molecule has 37 heavy (non-hydrogen) atoms. The average molecular weight is 510 g/mol. The van der Waals surface area contributed by atoms with E-state index in [1.54, 1.807) is 6.07 Å². The van der Waals surface area contributed by atoms with Gasteiger partial charge >= 0.3 is 0 Å². The van der Waals surface area contributed by atoms with Gasteiger partial charge in [0.25, 0.3) is 0 Å². The van der Waals surface area contributed by atoms with Crippen molar-refractivity contribution in [1.82, 2.24) is 15.1 Å². The van der Waals surface area contributed by atoms with E-state index in [4.69, 9.17) is 4.74 Å². The number of hydrogen-bond acceptors (Lipinski definition) is 6. The lowest BCUT2D eigenvalue weighted by atomic mass is 9.57. The molecule has 2 bridgehead atoms. The zero-order chi connectivity index (χ0) is 25.5. The maximum atomic E-state index is 13.6. The lowest BCUT2D eigenvalue weighted by Crippen LogP contribution is -2.55. The van der Waals surface area contributed by atoms with Crippen molar-refractivity contribution in [2.75, 3.05) is 39.3 Å². The highest BCUT2D eigenvalue weighted by molar-refractivity contribution is 5.80. The summed E-state index contributed by atoms with van der Waals surface area (Å²) in [7, 11) is 0. The maximum Gasteiger partial charge on any atom is 0.223 e. The number of carbonyl (C=O) groups is 1. The van der Waals surface area contributed by atoms with Crippen LogP contribution in [0.15, 0.2) is 18.2 Å². The third-order valence-corrected chi connectivity index (χ3v) is 10.9. The molecule has 1 spiro atoms. The zero-order valence-corrected chi connectivity index (χ0v) is 22.4. The van der Waals surface area contributed by atoms with Gasteiger partial charge in [-0.25, -0.2) is 0 Å². The number of benzene rings is 1. The topological polar surface area (TPSA) is 85.3 Å². The summed E-state index contributed by atoms with van der Waals surface area (Å²) in [5.41, 5.74) is 1.02. The summed E-state index contributed by atoms with van der Waals surface area (Å²) in [6, 6.07) is 5.90. The third-order valence-electron chi connectivity index (χ3n) is 10.9. The predicted octanol–water partition coefficient (Wildman–Crippen LogP) is 2.28. The van der Waals surface area contributed by atoms with Crippen molar-refractivity contribution < 1.29 is 19.7 Å². The number of nitrogens with one attached hydrogen (secondary N) is 1. The van der Waals surface area contributed by atoms with Crippen LogP contribution in [0, 0.1) is 23.7 Å². The Morgan fingerprint density at radius 3 is 2.70 bits per heavy atom. The van der Waals surface area contributed by atoms with Gasteiger partial charge in [-0.3, -0.25) is 14.6 Å². The molecule has 5 fully saturated rings. The second kappa shape index (κ2) is 8.67. The van der Waals surface area contributed by atoms with E-state index >= 15 is 0 Å². The highest BCUT2D eigenvalue weighted by atomic mass is 16.5. The Hall–Kier alpha value is -1.67. The van der Waals surface area contributed by atoms with E-state index in [1.165, 1.54) is 18.4 Å². The first kappa shape index (κ1) is 24.4. The first-order chi connectivity index (χ1) is 17.8. The Morgan fingerprint density at radius 1 is 1.16 bits per heavy atom. The van der Waals surface area contributed by atoms with E-state index < -0.39 is 11.0 Å². The van der Waals surface area contributed by atoms with E-state index in [1.807, 2.05) is 6.07 Å². The molecule has 2 aliphatic heterocycles. The quantitative estimate of drug-likeness (QED) is 0.546. The number of morpholine rings is 1. The van der Waals surface area contributed by atoms with Crippen LogP contribution in [0.25, 0.3) is 0 Å². The monoisotopic (exact) mass is 509 g/mol. The number of likely N-dealkylation sites (tertiary alicyclic amines) is 1. The molecule has 1 aromatic rings. The van der Waals surface area contributed by atoms with Crippen LogP contribution in [0.2, 0.25) is 0 Å². The summed E-state index contributed by atoms with van der Waals surface area (Å²) in [4.78, 5) is 18.6. The van der Waals surface area contributed by atoms with Crippen molar-refractivity contribution in [3.63, 3.8) is 0 Å². The van der Waals surface area contributed by atoms with Crippen LogP contribution >= 0.6 is 0 Å². The molecular weight excluding hydrogens is 466 g/mol. The van der Waals surface area contributed by atoms with Crippen molar-refractivity contribution in [3.8, 4) is 5.75 Å². The number of aromatic hydroxyl groups is 1. The van der Waals surface area contributed by atoms with E-state index in [0.29, 0.717) is 31.2 Å². The predicted molar refractivity (Wildman–Crippen MR) is 140 cm³/mol. The molecule has 7 nitrogen and oxygen atoms in total. The number of piperidine rings is 1. The van der Waals surface area contributed by atoms with E-state index in [0.717, 1.165) is 57.0 Å². The Labute approximate surface area is 220 Å². The lowest BCUT2D eigenvalue weighted by molar-refractivity contribution is -0.126. The molecule has 2 saturated heterocycles. The van der Waals surface area contributed by atoms with Crippen LogP contribution in [0.5, 0.6) is 5.75 Å². The molecule has 2 heterocycles. The number of rotatable bonds is 6. The summed E-state index contributed by atoms with van der Waals surface area (Å²) in [5.74, 6) is 1.81. The van der Waals surface area contributed by atoms with Crippen LogP contribution in [0.4, 0.5) is 0 Å². The third kappa shape index (κ3) is 3.79. The second-order valence-electron chi connectivity index (χ2n) is 13.4. The van der Waals surface area contributed by atoms with Gasteiger partial charge in [-0.2, -0.15) is 0 Å². The maximum absolute atomic E-state index is 13.6. The molecule has 0 radical (unpaired) electrons. The molecule has 0 aromatic heterocycles. The molecule has 3 saturated carbocycles. The number of nitrogens with zero attached hydrogens (tertiary/aromatic N) is 2. The van der Waals surface area contributed by atoms with Gasteiger partial charge in [0.15, 0.2) is 0 Å². The summed E-state index contributed by atoms with van der Waals surface area (Å²) in [6.07, 6.45) is 6.29. The summed E-state index contributed by atoms with van der Waals surface area (Å²) < 4.78 is 5.85. The normalized spacial score (nSPS) is 42.9. The van der Waals surface area contributed by atoms with Crippen molar-refractivity contribution >= 4 is 5.91 Å². The van der Waals surface area contributed by atoms with Crippen LogP contribution in [0.1, 0.15) is 57.1 Å². The van der Waals surface area contributed by atoms with E-state index in [2.05, 4.69) is 35.0 Å². The van der Waals surface area contributed by atoms with E-state index in [-0.39, 0.29) is 35.8 Å². The minimum atomic E-state index is -0.929. The van der Waals surface area contributed by atoms with Gasteiger partial charge in [0, 0.05) is 56.6 Å². The van der Waals surface area contributed by atoms with E-state index in [9.17, 15) is 15.0 Å². The number of hydrogen-bond donors (Lipinski definition) is 3. The van der Waals surface area contributed by atoms with Gasteiger partial charge < -0.3 is 20.3 Å². The largest absolute Gasteiger partial charge is 0.508 e. The highest BCUT2D eigenvalue weighted by Gasteiger charge is 2.75. The molecule has 3 N–H and O–H groups in total. The van der Waals surface area contributed by atoms with Crippen molar-refractivity contribution in [2.45, 2.75) is 81.6 Å². The lowest BCUT2D eigenvalue weighted by Gasteiger charge is -2.47. The molecule has 202 valence electrons. The number of phenols is 1. The van der Waals surface area contributed by atoms with Gasteiger partial charge in [0.05, 0.1) is 17.8 Å². The molecule has 7 heteroatoms. The number of ether oxygens (including phenoxy) is 1. The van der Waals surface area contributed by atoms with Gasteiger partial charge in [0.1, 0.15) is 5.75 Å². The van der Waals surface area contributed by atoms with Gasteiger partial charge in [-0.15, -0.1) is 0 Å². The van der Waals surface area contributed by atoms with Crippen molar-refractivity contribution in [1.29, 1.82) is 0 Å². The molecular formula is C30H43N3O4. The smallest absolute Gasteiger partial charge is 0.223 e. The molecule has 1 aromatic carbocycles. The molecule has 4 unspecified atom stereocenters. The molecule has 7 rings (SSSR count). The molecule has 8 atom stereocenters. The number of carbonyl (C=O) groups excluding carboxylic acids is 1. The number of fused-ring (bicyclic) bond motifs is 3. The number of phenolic OH excluding ortho intramolecular Hbond substituents is 1. The molecule has 6 aliphatic rings. The Bertz CT molecular complexity index is 1070. The fourth-order valence-electron chi connectivity index (χ4n) is 9.50. The fraction of sp³-hybridized carbons (Fsp3) is 0.767.